The van der Waals surface area contributed by atoms with Gasteiger partial charge in [0.2, 0.25) is 6.23 Å². The van der Waals surface area contributed by atoms with Gasteiger partial charge >= 0.3 is 6.03 Å². The standard InChI is InChI=1S/C21H21N3O3/c22-14-16-8-4-5-9-19(16)26-18-12-10-17(11-13-18)23-21(25)24-20(27-24)15-6-2-1-3-7-15/h1-9,17-18,20H,10-13H2,(H,23,25). The van der Waals surface area contributed by atoms with Crippen LogP contribution in [0.15, 0.2) is 54.6 Å². The second kappa shape index (κ2) is 7.68. The predicted molar refractivity (Wildman–Crippen MR) is 98.5 cm³/mol. The van der Waals surface area contributed by atoms with Crippen molar-refractivity contribution in [2.45, 2.75) is 44.1 Å². The van der Waals surface area contributed by atoms with E-state index in [2.05, 4.69) is 11.4 Å². The first-order valence-electron chi connectivity index (χ1n) is 9.22. The van der Waals surface area contributed by atoms with Crippen molar-refractivity contribution in [1.82, 2.24) is 10.4 Å². The molecule has 2 aromatic carbocycles. The number of hydrogen-bond acceptors (Lipinski definition) is 4. The monoisotopic (exact) mass is 363 g/mol. The van der Waals surface area contributed by atoms with Crippen LogP contribution in [0.2, 0.25) is 0 Å². The molecule has 0 spiro atoms. The molecule has 1 N–H and O–H groups in total. The first kappa shape index (κ1) is 17.4. The van der Waals surface area contributed by atoms with Crippen LogP contribution in [-0.4, -0.2) is 23.2 Å². The molecule has 4 rings (SSSR count). The number of rotatable bonds is 4. The molecule has 2 aliphatic rings. The van der Waals surface area contributed by atoms with Gasteiger partial charge in [-0.25, -0.2) is 9.63 Å². The van der Waals surface area contributed by atoms with Crippen LogP contribution in [0.25, 0.3) is 0 Å². The topological polar surface area (TPSA) is 77.7 Å². The zero-order chi connectivity index (χ0) is 18.6. The lowest BCUT2D eigenvalue weighted by atomic mass is 9.93. The summed E-state index contributed by atoms with van der Waals surface area (Å²) >= 11 is 0. The van der Waals surface area contributed by atoms with Gasteiger partial charge in [-0.3, -0.25) is 0 Å². The van der Waals surface area contributed by atoms with Gasteiger partial charge in [-0.15, -0.1) is 0 Å². The molecule has 0 aromatic heterocycles. The number of urea groups is 1. The second-order valence-electron chi connectivity index (χ2n) is 6.84. The molecule has 1 saturated carbocycles. The fourth-order valence-corrected chi connectivity index (χ4v) is 3.45. The van der Waals surface area contributed by atoms with E-state index in [1.807, 2.05) is 48.5 Å². The Bertz CT molecular complexity index is 841. The van der Waals surface area contributed by atoms with Crippen molar-refractivity contribution >= 4 is 6.03 Å². The number of hydroxylamine groups is 2. The van der Waals surface area contributed by atoms with Crippen molar-refractivity contribution in [3.63, 3.8) is 0 Å². The average Bonchev–Trinajstić information content (AvgIpc) is 3.52. The number of nitriles is 1. The van der Waals surface area contributed by atoms with Gasteiger partial charge in [-0.1, -0.05) is 42.5 Å². The minimum Gasteiger partial charge on any atom is -0.489 e. The number of amides is 2. The summed E-state index contributed by atoms with van der Waals surface area (Å²) in [5.74, 6) is 0.635. The minimum atomic E-state index is -0.284. The molecule has 27 heavy (non-hydrogen) atoms. The predicted octanol–water partition coefficient (Wildman–Crippen LogP) is 3.90. The molecule has 1 aliphatic carbocycles. The number of benzene rings is 2. The van der Waals surface area contributed by atoms with Crippen LogP contribution in [-0.2, 0) is 4.84 Å². The molecule has 6 nitrogen and oxygen atoms in total. The van der Waals surface area contributed by atoms with Crippen LogP contribution < -0.4 is 10.1 Å². The highest BCUT2D eigenvalue weighted by Gasteiger charge is 2.43. The largest absolute Gasteiger partial charge is 0.489 e. The molecule has 2 amide bonds. The minimum absolute atomic E-state index is 0.0715. The van der Waals surface area contributed by atoms with Crippen LogP contribution in [0.5, 0.6) is 5.75 Å². The van der Waals surface area contributed by atoms with E-state index in [0.717, 1.165) is 31.2 Å². The Morgan fingerprint density at radius 2 is 1.78 bits per heavy atom. The highest BCUT2D eigenvalue weighted by Crippen LogP contribution is 2.37. The normalized spacial score (nSPS) is 24.0. The maximum Gasteiger partial charge on any atom is 0.344 e. The molecular formula is C21H21N3O3. The third-order valence-electron chi connectivity index (χ3n) is 4.97. The van der Waals surface area contributed by atoms with Crippen molar-refractivity contribution in [2.75, 3.05) is 0 Å². The molecule has 138 valence electrons. The van der Waals surface area contributed by atoms with Crippen LogP contribution in [0.1, 0.15) is 43.0 Å². The number of hydrogen-bond donors (Lipinski definition) is 1. The zero-order valence-corrected chi connectivity index (χ0v) is 14.9. The third-order valence-corrected chi connectivity index (χ3v) is 4.97. The van der Waals surface area contributed by atoms with E-state index in [-0.39, 0.29) is 24.4 Å². The van der Waals surface area contributed by atoms with Gasteiger partial charge in [-0.05, 0) is 37.8 Å². The van der Waals surface area contributed by atoms with Crippen molar-refractivity contribution in [3.8, 4) is 11.8 Å². The SMILES string of the molecule is N#Cc1ccccc1OC1CCC(NC(=O)N2OC2c2ccccc2)CC1. The molecule has 1 atom stereocenters. The third kappa shape index (κ3) is 4.04. The van der Waals surface area contributed by atoms with Gasteiger partial charge in [0.1, 0.15) is 11.8 Å². The number of carbonyl (C=O) groups is 1. The van der Waals surface area contributed by atoms with Gasteiger partial charge in [0, 0.05) is 11.6 Å². The Balaban J connectivity index is 1.24. The van der Waals surface area contributed by atoms with Crippen LogP contribution in [0.4, 0.5) is 4.79 Å². The molecule has 1 heterocycles. The molecule has 0 radical (unpaired) electrons. The summed E-state index contributed by atoms with van der Waals surface area (Å²) < 4.78 is 6.00. The molecule has 6 heteroatoms. The highest BCUT2D eigenvalue weighted by molar-refractivity contribution is 5.75. The van der Waals surface area contributed by atoms with Crippen molar-refractivity contribution in [3.05, 3.63) is 65.7 Å². The van der Waals surface area contributed by atoms with Crippen LogP contribution in [0, 0.1) is 11.3 Å². The van der Waals surface area contributed by atoms with Gasteiger partial charge < -0.3 is 10.1 Å². The Labute approximate surface area is 158 Å². The highest BCUT2D eigenvalue weighted by atomic mass is 16.8. The quantitative estimate of drug-likeness (QED) is 0.836. The molecule has 2 aromatic rings. The van der Waals surface area contributed by atoms with E-state index in [9.17, 15) is 4.79 Å². The van der Waals surface area contributed by atoms with E-state index >= 15 is 0 Å². The Morgan fingerprint density at radius 1 is 1.07 bits per heavy atom. The van der Waals surface area contributed by atoms with Crippen molar-refractivity contribution < 1.29 is 14.4 Å². The molecule has 1 aliphatic heterocycles. The van der Waals surface area contributed by atoms with Crippen LogP contribution in [0.3, 0.4) is 0 Å². The number of para-hydroxylation sites is 1. The van der Waals surface area contributed by atoms with E-state index in [4.69, 9.17) is 14.8 Å². The van der Waals surface area contributed by atoms with Gasteiger partial charge in [0.25, 0.3) is 0 Å². The summed E-state index contributed by atoms with van der Waals surface area (Å²) in [5, 5.41) is 13.6. The molecule has 2 fully saturated rings. The fraction of sp³-hybridized carbons (Fsp3) is 0.333. The summed E-state index contributed by atoms with van der Waals surface area (Å²) in [4.78, 5) is 17.7. The van der Waals surface area contributed by atoms with E-state index in [0.29, 0.717) is 11.3 Å². The van der Waals surface area contributed by atoms with E-state index < -0.39 is 0 Å². The molecule has 1 saturated heterocycles. The lowest BCUT2D eigenvalue weighted by molar-refractivity contribution is 0.133. The summed E-state index contributed by atoms with van der Waals surface area (Å²) in [7, 11) is 0. The maximum absolute atomic E-state index is 12.3. The molecule has 0 bridgehead atoms. The Hall–Kier alpha value is -3.04. The summed E-state index contributed by atoms with van der Waals surface area (Å²) in [6.07, 6.45) is 3.15. The summed E-state index contributed by atoms with van der Waals surface area (Å²) in [5.41, 5.74) is 1.53. The average molecular weight is 363 g/mol. The Kier molecular flexibility index (Phi) is 4.95. The van der Waals surface area contributed by atoms with E-state index in [1.54, 1.807) is 6.07 Å². The van der Waals surface area contributed by atoms with Gasteiger partial charge in [0.15, 0.2) is 0 Å². The Morgan fingerprint density at radius 3 is 2.52 bits per heavy atom. The lowest BCUT2D eigenvalue weighted by Crippen LogP contribution is -2.41. The number of carbonyl (C=O) groups excluding carboxylic acids is 1. The van der Waals surface area contributed by atoms with Gasteiger partial charge in [0.05, 0.1) is 11.7 Å². The van der Waals surface area contributed by atoms with E-state index in [1.165, 1.54) is 5.06 Å². The molecule has 1 unspecified atom stereocenters. The number of nitrogens with zero attached hydrogens (tertiary/aromatic N) is 2. The first-order valence-corrected chi connectivity index (χ1v) is 9.22. The first-order chi connectivity index (χ1) is 13.2. The van der Waals surface area contributed by atoms with Crippen molar-refractivity contribution in [1.29, 1.82) is 5.26 Å². The van der Waals surface area contributed by atoms with Crippen LogP contribution >= 0.6 is 0 Å². The summed E-state index contributed by atoms with van der Waals surface area (Å²) in [6.45, 7) is 0. The summed E-state index contributed by atoms with van der Waals surface area (Å²) in [6, 6.07) is 19.0. The lowest BCUT2D eigenvalue weighted by Gasteiger charge is -2.29. The fourth-order valence-electron chi connectivity index (χ4n) is 3.45. The maximum atomic E-state index is 12.3. The van der Waals surface area contributed by atoms with Gasteiger partial charge in [-0.2, -0.15) is 10.3 Å². The smallest absolute Gasteiger partial charge is 0.344 e. The zero-order valence-electron chi connectivity index (χ0n) is 14.9. The second-order valence-corrected chi connectivity index (χ2v) is 6.84. The molecular weight excluding hydrogens is 342 g/mol. The number of ether oxygens (including phenoxy) is 1. The number of nitrogens with one attached hydrogen (secondary N) is 1. The van der Waals surface area contributed by atoms with Crippen molar-refractivity contribution in [2.24, 2.45) is 0 Å².